The lowest BCUT2D eigenvalue weighted by Crippen LogP contribution is -2.32. The molecule has 1 N–H and O–H groups in total. The predicted octanol–water partition coefficient (Wildman–Crippen LogP) is 3.29. The van der Waals surface area contributed by atoms with Crippen molar-refractivity contribution in [2.45, 2.75) is 26.3 Å². The topological polar surface area (TPSA) is 71.4 Å². The number of rotatable bonds is 6. The number of nitriles is 1. The highest BCUT2D eigenvalue weighted by molar-refractivity contribution is 9.10. The van der Waals surface area contributed by atoms with Crippen LogP contribution in [0.1, 0.15) is 25.8 Å². The average molecular weight is 367 g/mol. The van der Waals surface area contributed by atoms with Crippen LogP contribution in [0.5, 0.6) is 11.5 Å². The second-order valence-corrected chi connectivity index (χ2v) is 5.54. The van der Waals surface area contributed by atoms with Crippen LogP contribution in [0.15, 0.2) is 22.2 Å². The molecule has 6 heteroatoms. The van der Waals surface area contributed by atoms with Gasteiger partial charge in [-0.3, -0.25) is 4.79 Å². The number of hydrogen-bond donors (Lipinski definition) is 1. The number of carbonyl (C=O) groups is 1. The summed E-state index contributed by atoms with van der Waals surface area (Å²) >= 11 is 3.40. The van der Waals surface area contributed by atoms with Crippen LogP contribution in [0.4, 0.5) is 0 Å². The Balaban J connectivity index is 3.18. The summed E-state index contributed by atoms with van der Waals surface area (Å²) in [6.07, 6.45) is 2.31. The molecule has 0 unspecified atom stereocenters. The first-order chi connectivity index (χ1) is 10.5. The quantitative estimate of drug-likeness (QED) is 0.619. The lowest BCUT2D eigenvalue weighted by atomic mass is 10.1. The Kier molecular flexibility index (Phi) is 6.93. The van der Waals surface area contributed by atoms with Crippen molar-refractivity contribution in [3.63, 3.8) is 0 Å². The maximum absolute atomic E-state index is 12.1. The van der Waals surface area contributed by atoms with Crippen molar-refractivity contribution in [1.82, 2.24) is 5.32 Å². The molecule has 0 radical (unpaired) electrons. The molecule has 0 aliphatic heterocycles. The van der Waals surface area contributed by atoms with Crippen molar-refractivity contribution in [2.75, 3.05) is 14.2 Å². The molecule has 0 heterocycles. The number of ether oxygens (including phenoxy) is 2. The Hall–Kier alpha value is -2.00. The molecule has 1 aromatic rings. The monoisotopic (exact) mass is 366 g/mol. The van der Waals surface area contributed by atoms with Crippen LogP contribution in [-0.4, -0.2) is 26.2 Å². The van der Waals surface area contributed by atoms with Gasteiger partial charge in [0.15, 0.2) is 11.5 Å². The lowest BCUT2D eigenvalue weighted by Gasteiger charge is -2.12. The van der Waals surface area contributed by atoms with Gasteiger partial charge >= 0.3 is 0 Å². The van der Waals surface area contributed by atoms with Gasteiger partial charge < -0.3 is 14.8 Å². The Morgan fingerprint density at radius 3 is 2.50 bits per heavy atom. The van der Waals surface area contributed by atoms with Crippen molar-refractivity contribution >= 4 is 27.9 Å². The molecule has 0 bridgehead atoms. The van der Waals surface area contributed by atoms with E-state index in [1.807, 2.05) is 19.9 Å². The highest BCUT2D eigenvalue weighted by atomic mass is 79.9. The van der Waals surface area contributed by atoms with Crippen LogP contribution >= 0.6 is 15.9 Å². The fourth-order valence-corrected chi connectivity index (χ4v) is 2.13. The molecule has 1 amide bonds. The third-order valence-electron chi connectivity index (χ3n) is 3.16. The first-order valence-corrected chi connectivity index (χ1v) is 7.60. The summed E-state index contributed by atoms with van der Waals surface area (Å²) in [5.41, 5.74) is 0.696. The minimum Gasteiger partial charge on any atom is -0.493 e. The van der Waals surface area contributed by atoms with E-state index in [0.29, 0.717) is 21.5 Å². The van der Waals surface area contributed by atoms with Gasteiger partial charge in [-0.15, -0.1) is 0 Å². The van der Waals surface area contributed by atoms with E-state index in [9.17, 15) is 10.1 Å². The number of benzene rings is 1. The minimum absolute atomic E-state index is 0.0121. The third kappa shape index (κ3) is 4.50. The minimum atomic E-state index is -0.390. The lowest BCUT2D eigenvalue weighted by molar-refractivity contribution is -0.117. The van der Waals surface area contributed by atoms with Crippen LogP contribution < -0.4 is 14.8 Å². The first kappa shape index (κ1) is 18.1. The summed E-state index contributed by atoms with van der Waals surface area (Å²) in [5.74, 6) is 0.698. The zero-order chi connectivity index (χ0) is 16.7. The van der Waals surface area contributed by atoms with Crippen LogP contribution in [0, 0.1) is 11.3 Å². The zero-order valence-corrected chi connectivity index (χ0v) is 14.7. The smallest absolute Gasteiger partial charge is 0.262 e. The van der Waals surface area contributed by atoms with Gasteiger partial charge in [0.05, 0.1) is 14.2 Å². The van der Waals surface area contributed by atoms with Gasteiger partial charge in [-0.25, -0.2) is 0 Å². The van der Waals surface area contributed by atoms with Gasteiger partial charge in [-0.05, 0) is 37.1 Å². The van der Waals surface area contributed by atoms with Crippen LogP contribution in [0.2, 0.25) is 0 Å². The second-order valence-electron chi connectivity index (χ2n) is 4.68. The van der Waals surface area contributed by atoms with Crippen molar-refractivity contribution in [3.8, 4) is 17.6 Å². The van der Waals surface area contributed by atoms with E-state index in [2.05, 4.69) is 21.2 Å². The van der Waals surface area contributed by atoms with Gasteiger partial charge in [0.1, 0.15) is 11.6 Å². The SMILES string of the molecule is CC[C@@H](C)NC(=O)/C(C#N)=C/c1cc(OC)c(OC)cc1Br. The van der Waals surface area contributed by atoms with Gasteiger partial charge in [0, 0.05) is 10.5 Å². The van der Waals surface area contributed by atoms with E-state index in [-0.39, 0.29) is 11.6 Å². The van der Waals surface area contributed by atoms with E-state index in [1.165, 1.54) is 13.2 Å². The van der Waals surface area contributed by atoms with Gasteiger partial charge in [-0.1, -0.05) is 22.9 Å². The van der Waals surface area contributed by atoms with Crippen molar-refractivity contribution in [2.24, 2.45) is 0 Å². The number of nitrogens with one attached hydrogen (secondary N) is 1. The van der Waals surface area contributed by atoms with Gasteiger partial charge in [-0.2, -0.15) is 5.26 Å². The number of hydrogen-bond acceptors (Lipinski definition) is 4. The summed E-state index contributed by atoms with van der Waals surface area (Å²) in [4.78, 5) is 12.1. The molecule has 0 spiro atoms. The van der Waals surface area contributed by atoms with E-state index < -0.39 is 5.91 Å². The molecule has 1 atom stereocenters. The largest absolute Gasteiger partial charge is 0.493 e. The molecule has 1 rings (SSSR count). The number of nitrogens with zero attached hydrogens (tertiary/aromatic N) is 1. The zero-order valence-electron chi connectivity index (χ0n) is 13.1. The standard InChI is InChI=1S/C16H19BrN2O3/c1-5-10(2)19-16(20)12(9-18)6-11-7-14(21-3)15(22-4)8-13(11)17/h6-8,10H,5H2,1-4H3,(H,19,20)/b12-6+/t10-/m1/s1. The summed E-state index contributed by atoms with van der Waals surface area (Å²) in [6, 6.07) is 5.37. The van der Waals surface area contributed by atoms with Crippen LogP contribution in [0.25, 0.3) is 6.08 Å². The van der Waals surface area contributed by atoms with Crippen molar-refractivity contribution < 1.29 is 14.3 Å². The highest BCUT2D eigenvalue weighted by Crippen LogP contribution is 2.34. The molecule has 0 aliphatic carbocycles. The molecular formula is C16H19BrN2O3. The summed E-state index contributed by atoms with van der Waals surface area (Å²) < 4.78 is 11.1. The molecule has 0 saturated heterocycles. The maximum Gasteiger partial charge on any atom is 0.262 e. The van der Waals surface area contributed by atoms with E-state index in [4.69, 9.17) is 9.47 Å². The van der Waals surface area contributed by atoms with Crippen molar-refractivity contribution in [3.05, 3.63) is 27.7 Å². The molecule has 0 saturated carbocycles. The van der Waals surface area contributed by atoms with Crippen LogP contribution in [0.3, 0.4) is 0 Å². The van der Waals surface area contributed by atoms with E-state index >= 15 is 0 Å². The summed E-state index contributed by atoms with van der Waals surface area (Å²) in [7, 11) is 3.07. The Labute approximate surface area is 139 Å². The molecule has 0 aromatic heterocycles. The number of halogens is 1. The van der Waals surface area contributed by atoms with Gasteiger partial charge in [0.2, 0.25) is 0 Å². The molecule has 22 heavy (non-hydrogen) atoms. The number of amides is 1. The molecule has 5 nitrogen and oxygen atoms in total. The fourth-order valence-electron chi connectivity index (χ4n) is 1.69. The number of methoxy groups -OCH3 is 2. The Morgan fingerprint density at radius 2 is 2.00 bits per heavy atom. The molecule has 1 aromatic carbocycles. The fraction of sp³-hybridized carbons (Fsp3) is 0.375. The van der Waals surface area contributed by atoms with Crippen LogP contribution in [-0.2, 0) is 4.79 Å². The predicted molar refractivity (Wildman–Crippen MR) is 88.7 cm³/mol. The van der Waals surface area contributed by atoms with E-state index in [1.54, 1.807) is 19.2 Å². The third-order valence-corrected chi connectivity index (χ3v) is 3.84. The summed E-state index contributed by atoms with van der Waals surface area (Å²) in [6.45, 7) is 3.85. The average Bonchev–Trinajstić information content (AvgIpc) is 2.52. The normalized spacial score (nSPS) is 12.3. The highest BCUT2D eigenvalue weighted by Gasteiger charge is 2.14. The molecule has 0 fully saturated rings. The summed E-state index contributed by atoms with van der Waals surface area (Å²) in [5, 5.41) is 12.0. The van der Waals surface area contributed by atoms with Gasteiger partial charge in [0.25, 0.3) is 5.91 Å². The number of carbonyl (C=O) groups excluding carboxylic acids is 1. The first-order valence-electron chi connectivity index (χ1n) is 6.80. The maximum atomic E-state index is 12.1. The molecular weight excluding hydrogens is 348 g/mol. The second kappa shape index (κ2) is 8.44. The van der Waals surface area contributed by atoms with Crippen molar-refractivity contribution in [1.29, 1.82) is 5.26 Å². The Morgan fingerprint density at radius 1 is 1.41 bits per heavy atom. The Bertz CT molecular complexity index is 621. The van der Waals surface area contributed by atoms with E-state index in [0.717, 1.165) is 6.42 Å². The molecule has 118 valence electrons. The molecule has 0 aliphatic rings.